The van der Waals surface area contributed by atoms with Crippen LogP contribution < -0.4 is 10.6 Å². The SMILES string of the molecule is CC(C)(C)[C@H](NC(=O)c1nn(Cc2ccc(F)cc2)c2ccccc12)c1nnc(NC(=O)C2CC2)o1. The molecule has 0 unspecified atom stereocenters. The molecule has 2 amide bonds. The summed E-state index contributed by atoms with van der Waals surface area (Å²) in [6, 6.07) is 13.0. The number of hydrogen-bond donors (Lipinski definition) is 2. The van der Waals surface area contributed by atoms with E-state index < -0.39 is 17.4 Å². The van der Waals surface area contributed by atoms with Crippen molar-refractivity contribution in [1.29, 1.82) is 0 Å². The van der Waals surface area contributed by atoms with Crippen molar-refractivity contribution in [2.75, 3.05) is 5.32 Å². The quantitative estimate of drug-likeness (QED) is 0.395. The highest BCUT2D eigenvalue weighted by atomic mass is 19.1. The fraction of sp³-hybridized carbons (Fsp3) is 0.346. The van der Waals surface area contributed by atoms with E-state index >= 15 is 0 Å². The third-order valence-electron chi connectivity index (χ3n) is 6.13. The maximum atomic E-state index is 13.5. The van der Waals surface area contributed by atoms with Crippen LogP contribution in [0.25, 0.3) is 10.9 Å². The van der Waals surface area contributed by atoms with Gasteiger partial charge in [-0.1, -0.05) is 56.2 Å². The highest BCUT2D eigenvalue weighted by Crippen LogP contribution is 2.34. The van der Waals surface area contributed by atoms with Crippen LogP contribution in [0.3, 0.4) is 0 Å². The van der Waals surface area contributed by atoms with Crippen molar-refractivity contribution in [1.82, 2.24) is 25.3 Å². The highest BCUT2D eigenvalue weighted by molar-refractivity contribution is 6.05. The summed E-state index contributed by atoms with van der Waals surface area (Å²) in [6.45, 7) is 6.20. The Balaban J connectivity index is 1.41. The monoisotopic (exact) mass is 490 g/mol. The van der Waals surface area contributed by atoms with Crippen LogP contribution in [0.5, 0.6) is 0 Å². The first-order chi connectivity index (χ1) is 17.2. The summed E-state index contributed by atoms with van der Waals surface area (Å²) in [4.78, 5) is 25.5. The molecule has 2 aromatic heterocycles. The number of halogens is 1. The molecule has 2 heterocycles. The largest absolute Gasteiger partial charge is 0.406 e. The number of fused-ring (bicyclic) bond motifs is 1. The van der Waals surface area contributed by atoms with Crippen molar-refractivity contribution in [2.45, 2.75) is 46.2 Å². The molecule has 1 saturated carbocycles. The molecule has 10 heteroatoms. The molecule has 0 radical (unpaired) electrons. The van der Waals surface area contributed by atoms with E-state index in [4.69, 9.17) is 4.42 Å². The average molecular weight is 491 g/mol. The van der Waals surface area contributed by atoms with Gasteiger partial charge in [0, 0.05) is 11.3 Å². The summed E-state index contributed by atoms with van der Waals surface area (Å²) in [5.74, 6) is -0.659. The number of aromatic nitrogens is 4. The molecule has 1 aliphatic rings. The first kappa shape index (κ1) is 23.7. The highest BCUT2D eigenvalue weighted by Gasteiger charge is 2.35. The Morgan fingerprint density at radius 1 is 1.11 bits per heavy atom. The van der Waals surface area contributed by atoms with E-state index in [1.165, 1.54) is 12.1 Å². The second kappa shape index (κ2) is 9.18. The van der Waals surface area contributed by atoms with Gasteiger partial charge in [-0.15, -0.1) is 5.10 Å². The van der Waals surface area contributed by atoms with Gasteiger partial charge in [-0.2, -0.15) is 5.10 Å². The van der Waals surface area contributed by atoms with Crippen molar-refractivity contribution >= 4 is 28.7 Å². The molecule has 1 atom stereocenters. The number of anilines is 1. The van der Waals surface area contributed by atoms with Gasteiger partial charge in [0.1, 0.15) is 11.9 Å². The lowest BCUT2D eigenvalue weighted by Crippen LogP contribution is -2.37. The standard InChI is InChI=1S/C26H27FN6O3/c1-26(2,3)21(24-30-31-25(36-24)29-22(34)16-10-11-16)28-23(35)20-18-6-4-5-7-19(18)33(32-20)14-15-8-12-17(27)13-9-15/h4-9,12-13,16,21H,10-11,14H2,1-3H3,(H,28,35)(H,29,31,34)/t21-/m1/s1. The smallest absolute Gasteiger partial charge is 0.322 e. The molecule has 1 fully saturated rings. The lowest BCUT2D eigenvalue weighted by molar-refractivity contribution is -0.117. The van der Waals surface area contributed by atoms with Crippen LogP contribution in [-0.2, 0) is 11.3 Å². The summed E-state index contributed by atoms with van der Waals surface area (Å²) < 4.78 is 20.8. The minimum Gasteiger partial charge on any atom is -0.406 e. The number of rotatable bonds is 7. The first-order valence-electron chi connectivity index (χ1n) is 11.8. The van der Waals surface area contributed by atoms with Crippen LogP contribution in [0, 0.1) is 17.2 Å². The fourth-order valence-corrected chi connectivity index (χ4v) is 3.98. The van der Waals surface area contributed by atoms with Crippen LogP contribution in [0.15, 0.2) is 52.9 Å². The Morgan fingerprint density at radius 3 is 2.53 bits per heavy atom. The Kier molecular flexibility index (Phi) is 6.03. The zero-order valence-electron chi connectivity index (χ0n) is 20.3. The minimum atomic E-state index is -0.634. The van der Waals surface area contributed by atoms with E-state index in [-0.39, 0.29) is 35.2 Å². The molecule has 0 aliphatic heterocycles. The molecular weight excluding hydrogens is 463 g/mol. The second-order valence-electron chi connectivity index (χ2n) is 10.1. The Hall–Kier alpha value is -4.08. The Bertz CT molecular complexity index is 1420. The molecule has 2 N–H and O–H groups in total. The van der Waals surface area contributed by atoms with Crippen LogP contribution in [0.1, 0.15) is 61.6 Å². The van der Waals surface area contributed by atoms with Gasteiger partial charge in [0.25, 0.3) is 5.91 Å². The van der Waals surface area contributed by atoms with E-state index in [1.54, 1.807) is 16.8 Å². The molecule has 2 aromatic carbocycles. The maximum Gasteiger partial charge on any atom is 0.322 e. The van der Waals surface area contributed by atoms with Gasteiger partial charge in [0.15, 0.2) is 5.69 Å². The molecule has 186 valence electrons. The minimum absolute atomic E-state index is 0.00299. The molecular formula is C26H27FN6O3. The van der Waals surface area contributed by atoms with Crippen molar-refractivity contribution in [2.24, 2.45) is 11.3 Å². The van der Waals surface area contributed by atoms with Crippen molar-refractivity contribution in [3.63, 3.8) is 0 Å². The summed E-state index contributed by atoms with van der Waals surface area (Å²) in [7, 11) is 0. The van der Waals surface area contributed by atoms with Crippen molar-refractivity contribution in [3.05, 3.63) is 71.5 Å². The lowest BCUT2D eigenvalue weighted by Gasteiger charge is -2.28. The molecule has 9 nitrogen and oxygen atoms in total. The topological polar surface area (TPSA) is 115 Å². The predicted molar refractivity (Wildman–Crippen MR) is 131 cm³/mol. The van der Waals surface area contributed by atoms with Crippen LogP contribution in [-0.4, -0.2) is 31.8 Å². The normalized spacial score (nSPS) is 14.6. The van der Waals surface area contributed by atoms with Crippen LogP contribution in [0.4, 0.5) is 10.4 Å². The number of amides is 2. The number of carbonyl (C=O) groups excluding carboxylic acids is 2. The molecule has 0 saturated heterocycles. The number of carbonyl (C=O) groups is 2. The molecule has 5 rings (SSSR count). The Morgan fingerprint density at radius 2 is 1.83 bits per heavy atom. The average Bonchev–Trinajstić information content (AvgIpc) is 3.50. The lowest BCUT2D eigenvalue weighted by atomic mass is 9.86. The van der Waals surface area contributed by atoms with Gasteiger partial charge in [-0.25, -0.2) is 4.39 Å². The molecule has 1 aliphatic carbocycles. The number of para-hydroxylation sites is 1. The van der Waals surface area contributed by atoms with E-state index in [0.717, 1.165) is 23.9 Å². The third kappa shape index (κ3) is 4.98. The van der Waals surface area contributed by atoms with Gasteiger partial charge in [-0.3, -0.25) is 19.6 Å². The van der Waals surface area contributed by atoms with Gasteiger partial charge in [0.2, 0.25) is 11.8 Å². The predicted octanol–water partition coefficient (Wildman–Crippen LogP) is 4.47. The summed E-state index contributed by atoms with van der Waals surface area (Å²) in [5, 5.41) is 18.9. The molecule has 0 bridgehead atoms. The van der Waals surface area contributed by atoms with Gasteiger partial charge in [-0.05, 0) is 42.0 Å². The Labute approximate surface area is 207 Å². The molecule has 0 spiro atoms. The van der Waals surface area contributed by atoms with Crippen molar-refractivity contribution in [3.8, 4) is 0 Å². The zero-order valence-corrected chi connectivity index (χ0v) is 20.3. The number of hydrogen-bond acceptors (Lipinski definition) is 6. The van der Waals surface area contributed by atoms with E-state index in [0.29, 0.717) is 11.9 Å². The number of benzene rings is 2. The summed E-state index contributed by atoms with van der Waals surface area (Å²) >= 11 is 0. The van der Waals surface area contributed by atoms with Gasteiger partial charge in [0.05, 0.1) is 12.1 Å². The summed E-state index contributed by atoms with van der Waals surface area (Å²) in [5.41, 5.74) is 1.41. The first-order valence-corrected chi connectivity index (χ1v) is 11.8. The van der Waals surface area contributed by atoms with E-state index in [2.05, 4.69) is 25.9 Å². The van der Waals surface area contributed by atoms with Gasteiger partial charge < -0.3 is 9.73 Å². The second-order valence-corrected chi connectivity index (χ2v) is 10.1. The zero-order chi connectivity index (χ0) is 25.4. The summed E-state index contributed by atoms with van der Waals surface area (Å²) in [6.07, 6.45) is 1.71. The van der Waals surface area contributed by atoms with E-state index in [1.807, 2.05) is 45.0 Å². The number of nitrogens with one attached hydrogen (secondary N) is 2. The van der Waals surface area contributed by atoms with E-state index in [9.17, 15) is 14.0 Å². The van der Waals surface area contributed by atoms with Crippen LogP contribution >= 0.6 is 0 Å². The van der Waals surface area contributed by atoms with Crippen LogP contribution in [0.2, 0.25) is 0 Å². The third-order valence-corrected chi connectivity index (χ3v) is 6.13. The van der Waals surface area contributed by atoms with Crippen molar-refractivity contribution < 1.29 is 18.4 Å². The molecule has 36 heavy (non-hydrogen) atoms. The maximum absolute atomic E-state index is 13.5. The van der Waals surface area contributed by atoms with Gasteiger partial charge >= 0.3 is 6.01 Å². The number of nitrogens with zero attached hydrogens (tertiary/aromatic N) is 4. The fourth-order valence-electron chi connectivity index (χ4n) is 3.98. The molecule has 4 aromatic rings.